The molecule has 5 nitrogen and oxygen atoms in total. The van der Waals surface area contributed by atoms with Gasteiger partial charge in [0, 0.05) is 37.1 Å². The molecule has 2 aliphatic heterocycles. The number of carbonyl (C=O) groups is 2. The van der Waals surface area contributed by atoms with Crippen LogP contribution in [0.25, 0.3) is 0 Å². The summed E-state index contributed by atoms with van der Waals surface area (Å²) in [4.78, 5) is 30.3. The summed E-state index contributed by atoms with van der Waals surface area (Å²) in [6.07, 6.45) is 2.78. The molecule has 3 rings (SSSR count). The standard InChI is InChI=1S/C19H27N3O2S.ClH/c1-2-17(25-16-8-4-3-5-9-16)19(24)21-11-6-7-15(14-21)22-12-10-20-13-18(22)23;/h3-5,8-9,15,17,20H,2,6-7,10-14H2,1H3;1H. The van der Waals surface area contributed by atoms with Crippen LogP contribution < -0.4 is 5.32 Å². The second kappa shape index (κ2) is 10.2. The van der Waals surface area contributed by atoms with Crippen LogP contribution in [0.3, 0.4) is 0 Å². The van der Waals surface area contributed by atoms with Gasteiger partial charge in [-0.05, 0) is 31.4 Å². The third kappa shape index (κ3) is 5.15. The molecule has 0 bridgehead atoms. The Hall–Kier alpha value is -1.24. The maximum absolute atomic E-state index is 13.0. The predicted octanol–water partition coefficient (Wildman–Crippen LogP) is 2.40. The van der Waals surface area contributed by atoms with Crippen molar-refractivity contribution in [3.63, 3.8) is 0 Å². The SMILES string of the molecule is CCC(Sc1ccccc1)C(=O)N1CCCC(N2CCNCC2=O)C1.Cl. The molecule has 26 heavy (non-hydrogen) atoms. The summed E-state index contributed by atoms with van der Waals surface area (Å²) >= 11 is 1.65. The molecular weight excluding hydrogens is 370 g/mol. The van der Waals surface area contributed by atoms with Gasteiger partial charge in [0.1, 0.15) is 0 Å². The molecule has 0 aromatic heterocycles. The van der Waals surface area contributed by atoms with E-state index < -0.39 is 0 Å². The van der Waals surface area contributed by atoms with E-state index in [1.54, 1.807) is 11.8 Å². The van der Waals surface area contributed by atoms with E-state index in [0.717, 1.165) is 43.8 Å². The summed E-state index contributed by atoms with van der Waals surface area (Å²) < 4.78 is 0. The molecule has 2 heterocycles. The van der Waals surface area contributed by atoms with Crippen molar-refractivity contribution >= 4 is 36.0 Å². The lowest BCUT2D eigenvalue weighted by Gasteiger charge is -2.41. The molecule has 0 aliphatic carbocycles. The van der Waals surface area contributed by atoms with E-state index in [1.165, 1.54) is 0 Å². The predicted molar refractivity (Wildman–Crippen MR) is 108 cm³/mol. The van der Waals surface area contributed by atoms with Crippen molar-refractivity contribution in [3.8, 4) is 0 Å². The molecule has 2 amide bonds. The maximum Gasteiger partial charge on any atom is 0.236 e. The van der Waals surface area contributed by atoms with Gasteiger partial charge >= 0.3 is 0 Å². The molecule has 1 N–H and O–H groups in total. The van der Waals surface area contributed by atoms with Crippen LogP contribution in [0.5, 0.6) is 0 Å². The highest BCUT2D eigenvalue weighted by molar-refractivity contribution is 8.00. The number of piperidine rings is 1. The van der Waals surface area contributed by atoms with Crippen molar-refractivity contribution in [2.45, 2.75) is 42.4 Å². The molecule has 2 aliphatic rings. The third-order valence-electron chi connectivity index (χ3n) is 4.94. The number of amides is 2. The second-order valence-corrected chi connectivity index (χ2v) is 7.95. The maximum atomic E-state index is 13.0. The molecule has 7 heteroatoms. The number of piperazine rings is 1. The van der Waals surface area contributed by atoms with Crippen LogP contribution in [0.1, 0.15) is 26.2 Å². The topological polar surface area (TPSA) is 52.7 Å². The Bertz CT molecular complexity index is 602. The Morgan fingerprint density at radius 1 is 1.31 bits per heavy atom. The number of thioether (sulfide) groups is 1. The van der Waals surface area contributed by atoms with Crippen LogP contribution in [-0.2, 0) is 9.59 Å². The van der Waals surface area contributed by atoms with E-state index in [2.05, 4.69) is 24.4 Å². The quantitative estimate of drug-likeness (QED) is 0.775. The van der Waals surface area contributed by atoms with Gasteiger partial charge < -0.3 is 15.1 Å². The number of halogens is 1. The van der Waals surface area contributed by atoms with Gasteiger partial charge in [-0.1, -0.05) is 25.1 Å². The minimum absolute atomic E-state index is 0. The molecule has 2 fully saturated rings. The van der Waals surface area contributed by atoms with Gasteiger partial charge in [0.15, 0.2) is 0 Å². The Labute approximate surface area is 166 Å². The number of nitrogens with zero attached hydrogens (tertiary/aromatic N) is 2. The minimum Gasteiger partial charge on any atom is -0.340 e. The van der Waals surface area contributed by atoms with Crippen LogP contribution >= 0.6 is 24.2 Å². The highest BCUT2D eigenvalue weighted by Gasteiger charge is 2.33. The molecule has 0 saturated carbocycles. The fraction of sp³-hybridized carbons (Fsp3) is 0.579. The summed E-state index contributed by atoms with van der Waals surface area (Å²) in [5, 5.41) is 3.06. The van der Waals surface area contributed by atoms with E-state index in [-0.39, 0.29) is 35.5 Å². The monoisotopic (exact) mass is 397 g/mol. The lowest BCUT2D eigenvalue weighted by atomic mass is 10.0. The molecule has 0 spiro atoms. The second-order valence-electron chi connectivity index (χ2n) is 6.67. The average Bonchev–Trinajstić information content (AvgIpc) is 2.67. The minimum atomic E-state index is -0.0557. The van der Waals surface area contributed by atoms with Crippen molar-refractivity contribution in [3.05, 3.63) is 30.3 Å². The number of carbonyl (C=O) groups excluding carboxylic acids is 2. The first kappa shape index (κ1) is 21.1. The molecule has 1 aromatic carbocycles. The molecule has 2 atom stereocenters. The van der Waals surface area contributed by atoms with E-state index in [1.807, 2.05) is 28.0 Å². The van der Waals surface area contributed by atoms with Gasteiger partial charge in [0.25, 0.3) is 0 Å². The molecular formula is C19H28ClN3O2S. The van der Waals surface area contributed by atoms with Gasteiger partial charge in [-0.15, -0.1) is 24.2 Å². The third-order valence-corrected chi connectivity index (χ3v) is 6.31. The van der Waals surface area contributed by atoms with Gasteiger partial charge in [-0.3, -0.25) is 9.59 Å². The van der Waals surface area contributed by atoms with E-state index >= 15 is 0 Å². The molecule has 0 radical (unpaired) electrons. The van der Waals surface area contributed by atoms with Crippen LogP contribution in [0, 0.1) is 0 Å². The highest BCUT2D eigenvalue weighted by Crippen LogP contribution is 2.28. The van der Waals surface area contributed by atoms with Crippen LogP contribution in [0.4, 0.5) is 0 Å². The summed E-state index contributed by atoms with van der Waals surface area (Å²) in [6, 6.07) is 10.3. The molecule has 1 aromatic rings. The number of likely N-dealkylation sites (tertiary alicyclic amines) is 1. The Morgan fingerprint density at radius 2 is 2.08 bits per heavy atom. The molecule has 2 saturated heterocycles. The highest BCUT2D eigenvalue weighted by atomic mass is 35.5. The first-order chi connectivity index (χ1) is 12.2. The van der Waals surface area contributed by atoms with Gasteiger partial charge in [0.2, 0.25) is 11.8 Å². The van der Waals surface area contributed by atoms with Crippen LogP contribution in [0.15, 0.2) is 35.2 Å². The van der Waals surface area contributed by atoms with Crippen LogP contribution in [-0.4, -0.2) is 65.6 Å². The summed E-state index contributed by atoms with van der Waals surface area (Å²) in [5.74, 6) is 0.375. The lowest BCUT2D eigenvalue weighted by molar-refractivity contribution is -0.140. The van der Waals surface area contributed by atoms with Crippen molar-refractivity contribution in [1.29, 1.82) is 0 Å². The number of hydrogen-bond donors (Lipinski definition) is 1. The first-order valence-corrected chi connectivity index (χ1v) is 10.1. The lowest BCUT2D eigenvalue weighted by Crippen LogP contribution is -2.58. The van der Waals surface area contributed by atoms with Crippen molar-refractivity contribution in [2.24, 2.45) is 0 Å². The smallest absolute Gasteiger partial charge is 0.236 e. The Morgan fingerprint density at radius 3 is 2.77 bits per heavy atom. The van der Waals surface area contributed by atoms with E-state index in [9.17, 15) is 9.59 Å². The largest absolute Gasteiger partial charge is 0.340 e. The first-order valence-electron chi connectivity index (χ1n) is 9.19. The van der Waals surface area contributed by atoms with Crippen molar-refractivity contribution < 1.29 is 9.59 Å². The van der Waals surface area contributed by atoms with Crippen molar-refractivity contribution in [2.75, 3.05) is 32.7 Å². The zero-order chi connectivity index (χ0) is 17.6. The summed E-state index contributed by atoms with van der Waals surface area (Å²) in [5.41, 5.74) is 0. The molecule has 144 valence electrons. The number of nitrogens with one attached hydrogen (secondary N) is 1. The van der Waals surface area contributed by atoms with Crippen LogP contribution in [0.2, 0.25) is 0 Å². The van der Waals surface area contributed by atoms with Crippen molar-refractivity contribution in [1.82, 2.24) is 15.1 Å². The fourth-order valence-electron chi connectivity index (χ4n) is 3.59. The van der Waals surface area contributed by atoms with Gasteiger partial charge in [0.05, 0.1) is 11.8 Å². The summed E-state index contributed by atoms with van der Waals surface area (Å²) in [7, 11) is 0. The number of rotatable bonds is 5. The average molecular weight is 398 g/mol. The zero-order valence-electron chi connectivity index (χ0n) is 15.2. The van der Waals surface area contributed by atoms with Gasteiger partial charge in [-0.25, -0.2) is 0 Å². The fourth-order valence-corrected chi connectivity index (χ4v) is 4.65. The van der Waals surface area contributed by atoms with Gasteiger partial charge in [-0.2, -0.15) is 0 Å². The normalized spacial score (nSPS) is 21.9. The Balaban J connectivity index is 0.00000243. The molecule has 2 unspecified atom stereocenters. The Kier molecular flexibility index (Phi) is 8.25. The van der Waals surface area contributed by atoms with E-state index in [0.29, 0.717) is 13.1 Å². The summed E-state index contributed by atoms with van der Waals surface area (Å²) in [6.45, 7) is 5.57. The number of hydrogen-bond acceptors (Lipinski definition) is 4. The van der Waals surface area contributed by atoms with E-state index in [4.69, 9.17) is 0 Å². The number of benzene rings is 1. The zero-order valence-corrected chi connectivity index (χ0v) is 16.9.